The van der Waals surface area contributed by atoms with Gasteiger partial charge < -0.3 is 10.4 Å². The lowest BCUT2D eigenvalue weighted by Crippen LogP contribution is -2.34. The van der Waals surface area contributed by atoms with Gasteiger partial charge in [-0.3, -0.25) is 14.7 Å². The predicted octanol–water partition coefficient (Wildman–Crippen LogP) is 0.322. The highest BCUT2D eigenvalue weighted by Crippen LogP contribution is 2.25. The molecule has 3 N–H and O–H groups in total. The maximum Gasteiger partial charge on any atom is 0.306 e. The van der Waals surface area contributed by atoms with Crippen LogP contribution < -0.4 is 5.32 Å². The Labute approximate surface area is 98.4 Å². The molecule has 1 heterocycles. The Morgan fingerprint density at radius 3 is 2.94 bits per heavy atom. The first kappa shape index (κ1) is 11.6. The zero-order valence-corrected chi connectivity index (χ0v) is 9.35. The number of aromatic nitrogens is 2. The van der Waals surface area contributed by atoms with Crippen LogP contribution in [0.2, 0.25) is 0 Å². The van der Waals surface area contributed by atoms with E-state index in [1.165, 1.54) is 0 Å². The first-order valence-electron chi connectivity index (χ1n) is 5.65. The normalized spacial score (nSPS) is 23.5. The van der Waals surface area contributed by atoms with Gasteiger partial charge in [-0.2, -0.15) is 5.10 Å². The number of carboxylic acid groups (broad SMARTS) is 1. The maximum absolute atomic E-state index is 11.6. The molecule has 17 heavy (non-hydrogen) atoms. The third kappa shape index (κ3) is 3.05. The number of nitrogens with one attached hydrogen (secondary N) is 2. The van der Waals surface area contributed by atoms with Gasteiger partial charge in [-0.25, -0.2) is 0 Å². The van der Waals surface area contributed by atoms with Crippen molar-refractivity contribution in [1.29, 1.82) is 0 Å². The highest BCUT2D eigenvalue weighted by Gasteiger charge is 2.30. The van der Waals surface area contributed by atoms with E-state index in [0.29, 0.717) is 12.8 Å². The topological polar surface area (TPSA) is 95.1 Å². The average molecular weight is 237 g/mol. The van der Waals surface area contributed by atoms with Gasteiger partial charge in [-0.1, -0.05) is 0 Å². The van der Waals surface area contributed by atoms with Gasteiger partial charge in [0, 0.05) is 17.9 Å². The summed E-state index contributed by atoms with van der Waals surface area (Å²) in [4.78, 5) is 22.4. The molecule has 92 valence electrons. The lowest BCUT2D eigenvalue weighted by atomic mass is 10.1. The van der Waals surface area contributed by atoms with Crippen molar-refractivity contribution in [3.05, 3.63) is 18.0 Å². The lowest BCUT2D eigenvalue weighted by Gasteiger charge is -2.11. The molecule has 1 aromatic rings. The fraction of sp³-hybridized carbons (Fsp3) is 0.545. The Kier molecular flexibility index (Phi) is 3.41. The summed E-state index contributed by atoms with van der Waals surface area (Å²) in [5.74, 6) is -1.17. The van der Waals surface area contributed by atoms with Gasteiger partial charge in [-0.15, -0.1) is 0 Å². The summed E-state index contributed by atoms with van der Waals surface area (Å²) in [6, 6.07) is 1.74. The van der Waals surface area contributed by atoms with Crippen molar-refractivity contribution >= 4 is 11.9 Å². The first-order chi connectivity index (χ1) is 8.15. The Morgan fingerprint density at radius 2 is 2.35 bits per heavy atom. The van der Waals surface area contributed by atoms with Crippen molar-refractivity contribution in [2.75, 3.05) is 0 Å². The Bertz CT molecular complexity index is 402. The molecule has 1 fully saturated rings. The molecule has 0 unspecified atom stereocenters. The fourth-order valence-electron chi connectivity index (χ4n) is 2.17. The second-order valence-corrected chi connectivity index (χ2v) is 4.37. The molecule has 0 bridgehead atoms. The third-order valence-electron chi connectivity index (χ3n) is 3.06. The van der Waals surface area contributed by atoms with E-state index < -0.39 is 5.97 Å². The first-order valence-corrected chi connectivity index (χ1v) is 5.65. The second-order valence-electron chi connectivity index (χ2n) is 4.37. The molecule has 1 aliphatic rings. The molecule has 6 nitrogen and oxygen atoms in total. The zero-order chi connectivity index (χ0) is 12.3. The van der Waals surface area contributed by atoms with Crippen LogP contribution in [0.5, 0.6) is 0 Å². The molecule has 2 atom stereocenters. The number of rotatable bonds is 4. The molecule has 1 aromatic heterocycles. The van der Waals surface area contributed by atoms with Crippen LogP contribution in [0.25, 0.3) is 0 Å². The number of H-pyrrole nitrogens is 1. The van der Waals surface area contributed by atoms with Crippen LogP contribution in [0.4, 0.5) is 0 Å². The SMILES string of the molecule is O=C(Cc1ccn[nH]1)N[C@H]1CC[C@@H](C(=O)O)C1. The molecule has 0 aliphatic heterocycles. The summed E-state index contributed by atoms with van der Waals surface area (Å²) in [6.45, 7) is 0. The monoisotopic (exact) mass is 237 g/mol. The molecule has 6 heteroatoms. The minimum Gasteiger partial charge on any atom is -0.481 e. The summed E-state index contributed by atoms with van der Waals surface area (Å²) in [5.41, 5.74) is 0.760. The van der Waals surface area contributed by atoms with E-state index in [1.54, 1.807) is 12.3 Å². The van der Waals surface area contributed by atoms with Crippen LogP contribution >= 0.6 is 0 Å². The second kappa shape index (κ2) is 4.99. The number of carbonyl (C=O) groups is 2. The van der Waals surface area contributed by atoms with E-state index in [2.05, 4.69) is 15.5 Å². The molecular formula is C11H15N3O3. The number of carbonyl (C=O) groups excluding carboxylic acids is 1. The van der Waals surface area contributed by atoms with Crippen molar-refractivity contribution in [3.8, 4) is 0 Å². The highest BCUT2D eigenvalue weighted by molar-refractivity contribution is 5.78. The van der Waals surface area contributed by atoms with Gasteiger partial charge in [0.1, 0.15) is 0 Å². The van der Waals surface area contributed by atoms with Crippen LogP contribution in [0.3, 0.4) is 0 Å². The fourth-order valence-corrected chi connectivity index (χ4v) is 2.17. The number of aliphatic carboxylic acids is 1. The third-order valence-corrected chi connectivity index (χ3v) is 3.06. The van der Waals surface area contributed by atoms with E-state index in [-0.39, 0.29) is 24.3 Å². The largest absolute Gasteiger partial charge is 0.481 e. The summed E-state index contributed by atoms with van der Waals surface area (Å²) < 4.78 is 0. The van der Waals surface area contributed by atoms with Crippen molar-refractivity contribution in [3.63, 3.8) is 0 Å². The van der Waals surface area contributed by atoms with Gasteiger partial charge in [0.2, 0.25) is 5.91 Å². The number of aromatic amines is 1. The molecule has 2 rings (SSSR count). The molecule has 1 saturated carbocycles. The minimum atomic E-state index is -0.768. The van der Waals surface area contributed by atoms with Crippen molar-refractivity contribution < 1.29 is 14.7 Å². The minimum absolute atomic E-state index is 0.00785. The van der Waals surface area contributed by atoms with Crippen LogP contribution in [-0.2, 0) is 16.0 Å². The number of amides is 1. The van der Waals surface area contributed by atoms with E-state index in [9.17, 15) is 9.59 Å². The van der Waals surface area contributed by atoms with Crippen LogP contribution in [-0.4, -0.2) is 33.2 Å². The van der Waals surface area contributed by atoms with Crippen LogP contribution in [0.1, 0.15) is 25.0 Å². The van der Waals surface area contributed by atoms with Crippen LogP contribution in [0, 0.1) is 5.92 Å². The van der Waals surface area contributed by atoms with E-state index >= 15 is 0 Å². The smallest absolute Gasteiger partial charge is 0.306 e. The number of carboxylic acids is 1. The van der Waals surface area contributed by atoms with Crippen molar-refractivity contribution in [2.45, 2.75) is 31.7 Å². The van der Waals surface area contributed by atoms with Crippen molar-refractivity contribution in [2.24, 2.45) is 5.92 Å². The molecule has 0 spiro atoms. The van der Waals surface area contributed by atoms with Gasteiger partial charge in [0.05, 0.1) is 12.3 Å². The molecule has 1 amide bonds. The zero-order valence-electron chi connectivity index (χ0n) is 9.35. The van der Waals surface area contributed by atoms with E-state index in [4.69, 9.17) is 5.11 Å². The molecule has 0 aromatic carbocycles. The number of nitrogens with zero attached hydrogens (tertiary/aromatic N) is 1. The molecular weight excluding hydrogens is 222 g/mol. The Balaban J connectivity index is 1.78. The van der Waals surface area contributed by atoms with Gasteiger partial charge in [0.15, 0.2) is 0 Å². The Morgan fingerprint density at radius 1 is 1.53 bits per heavy atom. The molecule has 0 saturated heterocycles. The van der Waals surface area contributed by atoms with Gasteiger partial charge in [-0.05, 0) is 25.3 Å². The molecule has 0 radical (unpaired) electrons. The lowest BCUT2D eigenvalue weighted by molar-refractivity contribution is -0.141. The Hall–Kier alpha value is -1.85. The van der Waals surface area contributed by atoms with E-state index in [1.807, 2.05) is 0 Å². The van der Waals surface area contributed by atoms with Crippen molar-refractivity contribution in [1.82, 2.24) is 15.5 Å². The summed E-state index contributed by atoms with van der Waals surface area (Å²) in [7, 11) is 0. The average Bonchev–Trinajstić information content (AvgIpc) is 2.88. The van der Waals surface area contributed by atoms with Gasteiger partial charge in [0.25, 0.3) is 0 Å². The summed E-state index contributed by atoms with van der Waals surface area (Å²) in [5, 5.41) is 18.2. The quantitative estimate of drug-likeness (QED) is 0.702. The van der Waals surface area contributed by atoms with Crippen LogP contribution in [0.15, 0.2) is 12.3 Å². The molecule has 1 aliphatic carbocycles. The maximum atomic E-state index is 11.6. The highest BCUT2D eigenvalue weighted by atomic mass is 16.4. The summed E-state index contributed by atoms with van der Waals surface area (Å²) >= 11 is 0. The van der Waals surface area contributed by atoms with Gasteiger partial charge >= 0.3 is 5.97 Å². The number of hydrogen-bond acceptors (Lipinski definition) is 3. The predicted molar refractivity (Wildman–Crippen MR) is 59.2 cm³/mol. The van der Waals surface area contributed by atoms with E-state index in [0.717, 1.165) is 12.1 Å². The summed E-state index contributed by atoms with van der Waals surface area (Å²) in [6.07, 6.45) is 3.77. The standard InChI is InChI=1S/C11H15N3O3/c15-10(6-9-3-4-12-14-9)13-8-2-1-7(5-8)11(16)17/h3-4,7-8H,1-2,5-6H2,(H,12,14)(H,13,15)(H,16,17)/t7-,8+/m1/s1. The number of hydrogen-bond donors (Lipinski definition) is 3.